The lowest BCUT2D eigenvalue weighted by molar-refractivity contribution is -0.0265. The minimum atomic E-state index is 0.180. The van der Waals surface area contributed by atoms with Crippen molar-refractivity contribution in [3.63, 3.8) is 0 Å². The van der Waals surface area contributed by atoms with Crippen LogP contribution >= 0.6 is 0 Å². The third-order valence-corrected chi connectivity index (χ3v) is 6.24. The van der Waals surface area contributed by atoms with Crippen LogP contribution in [0.2, 0.25) is 0 Å². The first-order valence-electron chi connectivity index (χ1n) is 11.2. The minimum Gasteiger partial charge on any atom is -0.373 e. The summed E-state index contributed by atoms with van der Waals surface area (Å²) in [5.74, 6) is 1.38. The molecule has 0 radical (unpaired) electrons. The van der Waals surface area contributed by atoms with E-state index in [4.69, 9.17) is 4.74 Å². The predicted octanol–water partition coefficient (Wildman–Crippen LogP) is 3.58. The number of hydrogen-bond acceptors (Lipinski definition) is 3. The molecule has 2 heterocycles. The Morgan fingerprint density at radius 2 is 2.00 bits per heavy atom. The summed E-state index contributed by atoms with van der Waals surface area (Å²) in [4.78, 5) is 7.07. The normalized spacial score (nSPS) is 26.8. The van der Waals surface area contributed by atoms with Crippen molar-refractivity contribution in [3.05, 3.63) is 35.9 Å². The molecule has 0 aromatic heterocycles. The Morgan fingerprint density at radius 1 is 1.14 bits per heavy atom. The molecule has 1 aromatic carbocycles. The second-order valence-corrected chi connectivity index (χ2v) is 8.08. The van der Waals surface area contributed by atoms with Crippen LogP contribution in [0.25, 0.3) is 0 Å². The van der Waals surface area contributed by atoms with E-state index in [1.165, 1.54) is 44.2 Å². The Balaban J connectivity index is 1.45. The number of rotatable bonds is 7. The summed E-state index contributed by atoms with van der Waals surface area (Å²) >= 11 is 0. The molecule has 5 heteroatoms. The molecule has 1 aromatic rings. The van der Waals surface area contributed by atoms with E-state index in [1.807, 2.05) is 7.05 Å². The number of guanidine groups is 1. The lowest BCUT2D eigenvalue weighted by Crippen LogP contribution is -2.47. The fourth-order valence-corrected chi connectivity index (χ4v) is 4.65. The van der Waals surface area contributed by atoms with Crippen LogP contribution in [-0.2, 0) is 4.74 Å². The topological polar surface area (TPSA) is 48.9 Å². The Bertz CT molecular complexity index is 592. The highest BCUT2D eigenvalue weighted by molar-refractivity contribution is 5.79. The quantitative estimate of drug-likeness (QED) is 0.555. The molecule has 2 aliphatic heterocycles. The lowest BCUT2D eigenvalue weighted by Gasteiger charge is -2.35. The largest absolute Gasteiger partial charge is 0.373 e. The molecule has 3 atom stereocenters. The Morgan fingerprint density at radius 3 is 2.79 bits per heavy atom. The van der Waals surface area contributed by atoms with Gasteiger partial charge in [0, 0.05) is 45.2 Å². The summed E-state index contributed by atoms with van der Waals surface area (Å²) in [7, 11) is 1.86. The third-order valence-electron chi connectivity index (χ3n) is 6.24. The first-order chi connectivity index (χ1) is 13.8. The first-order valence-corrected chi connectivity index (χ1v) is 11.2. The third kappa shape index (κ3) is 5.95. The number of hydrogen-bond donors (Lipinski definition) is 2. The maximum absolute atomic E-state index is 6.12. The molecule has 0 spiro atoms. The maximum Gasteiger partial charge on any atom is 0.191 e. The van der Waals surface area contributed by atoms with Crippen molar-refractivity contribution < 1.29 is 4.74 Å². The molecule has 0 amide bonds. The lowest BCUT2D eigenvalue weighted by atomic mass is 9.89. The van der Waals surface area contributed by atoms with Gasteiger partial charge in [-0.2, -0.15) is 0 Å². The highest BCUT2D eigenvalue weighted by Gasteiger charge is 2.27. The Hall–Kier alpha value is -1.59. The van der Waals surface area contributed by atoms with E-state index in [2.05, 4.69) is 57.8 Å². The molecular weight excluding hydrogens is 348 g/mol. The van der Waals surface area contributed by atoms with E-state index in [-0.39, 0.29) is 6.10 Å². The molecule has 0 bridgehead atoms. The highest BCUT2D eigenvalue weighted by atomic mass is 16.5. The Labute approximate surface area is 170 Å². The summed E-state index contributed by atoms with van der Waals surface area (Å²) in [5, 5.41) is 7.05. The molecule has 2 fully saturated rings. The molecule has 2 N–H and O–H groups in total. The molecule has 28 heavy (non-hydrogen) atoms. The summed E-state index contributed by atoms with van der Waals surface area (Å²) in [6.45, 7) is 7.34. The van der Waals surface area contributed by atoms with Gasteiger partial charge in [0.25, 0.3) is 0 Å². The van der Waals surface area contributed by atoms with Gasteiger partial charge in [0.05, 0.1) is 6.10 Å². The average Bonchev–Trinajstić information content (AvgIpc) is 2.77. The number of ether oxygens (including phenoxy) is 1. The van der Waals surface area contributed by atoms with Crippen LogP contribution in [0.3, 0.4) is 0 Å². The van der Waals surface area contributed by atoms with Crippen LogP contribution in [0, 0.1) is 5.92 Å². The summed E-state index contributed by atoms with van der Waals surface area (Å²) < 4.78 is 6.12. The van der Waals surface area contributed by atoms with Crippen molar-refractivity contribution in [1.29, 1.82) is 0 Å². The molecule has 5 nitrogen and oxygen atoms in total. The van der Waals surface area contributed by atoms with Gasteiger partial charge in [-0.25, -0.2) is 0 Å². The summed E-state index contributed by atoms with van der Waals surface area (Å²) in [6, 6.07) is 11.4. The van der Waals surface area contributed by atoms with Crippen molar-refractivity contribution in [2.45, 2.75) is 57.6 Å². The first kappa shape index (κ1) is 21.1. The van der Waals surface area contributed by atoms with Crippen LogP contribution in [-0.4, -0.2) is 56.7 Å². The zero-order valence-electron chi connectivity index (χ0n) is 17.7. The molecule has 2 saturated heterocycles. The fourth-order valence-electron chi connectivity index (χ4n) is 4.65. The van der Waals surface area contributed by atoms with Gasteiger partial charge in [-0.05, 0) is 44.2 Å². The average molecular weight is 387 g/mol. The molecule has 156 valence electrons. The molecular formula is C23H38N4O. The number of nitrogens with zero attached hydrogens (tertiary/aromatic N) is 2. The standard InChI is InChI=1S/C23H38N4O/c1-3-21-13-7-8-15-27(21)16-14-25-23(24-2)26-18-20-12-9-17-28-22(20)19-10-5-4-6-11-19/h4-6,10-11,20-22H,3,7-9,12-18H2,1-2H3,(H2,24,25,26). The summed E-state index contributed by atoms with van der Waals surface area (Å²) in [6.07, 6.45) is 7.84. The number of likely N-dealkylation sites (tertiary alicyclic amines) is 1. The van der Waals surface area contributed by atoms with Crippen molar-refractivity contribution in [3.8, 4) is 0 Å². The maximum atomic E-state index is 6.12. The molecule has 3 rings (SSSR count). The van der Waals surface area contributed by atoms with Crippen LogP contribution in [0.4, 0.5) is 0 Å². The van der Waals surface area contributed by atoms with E-state index in [0.717, 1.165) is 44.7 Å². The van der Waals surface area contributed by atoms with Crippen LogP contribution in [0.1, 0.15) is 57.1 Å². The number of piperidine rings is 1. The van der Waals surface area contributed by atoms with Crippen LogP contribution in [0.15, 0.2) is 35.3 Å². The van der Waals surface area contributed by atoms with Crippen molar-refractivity contribution >= 4 is 5.96 Å². The van der Waals surface area contributed by atoms with Gasteiger partial charge in [0.2, 0.25) is 0 Å². The van der Waals surface area contributed by atoms with Crippen molar-refractivity contribution in [2.75, 3.05) is 39.8 Å². The number of aliphatic imine (C=N–C) groups is 1. The minimum absolute atomic E-state index is 0.180. The van der Waals surface area contributed by atoms with Crippen molar-refractivity contribution in [2.24, 2.45) is 10.9 Å². The van der Waals surface area contributed by atoms with Gasteiger partial charge in [-0.3, -0.25) is 9.89 Å². The number of nitrogens with one attached hydrogen (secondary N) is 2. The number of benzene rings is 1. The monoisotopic (exact) mass is 386 g/mol. The van der Waals surface area contributed by atoms with Gasteiger partial charge >= 0.3 is 0 Å². The van der Waals surface area contributed by atoms with Gasteiger partial charge < -0.3 is 15.4 Å². The van der Waals surface area contributed by atoms with Gasteiger partial charge in [-0.1, -0.05) is 43.7 Å². The van der Waals surface area contributed by atoms with E-state index < -0.39 is 0 Å². The van der Waals surface area contributed by atoms with Gasteiger partial charge in [0.15, 0.2) is 5.96 Å². The second-order valence-electron chi connectivity index (χ2n) is 8.08. The SMILES string of the molecule is CCC1CCCCN1CCNC(=NC)NCC1CCCOC1c1ccccc1. The highest BCUT2D eigenvalue weighted by Crippen LogP contribution is 2.33. The zero-order valence-corrected chi connectivity index (χ0v) is 17.7. The van der Waals surface area contributed by atoms with Gasteiger partial charge in [0.1, 0.15) is 0 Å². The van der Waals surface area contributed by atoms with E-state index in [0.29, 0.717) is 5.92 Å². The smallest absolute Gasteiger partial charge is 0.191 e. The molecule has 3 unspecified atom stereocenters. The zero-order chi connectivity index (χ0) is 19.6. The van der Waals surface area contributed by atoms with Gasteiger partial charge in [-0.15, -0.1) is 0 Å². The Kier molecular flexibility index (Phi) is 8.62. The van der Waals surface area contributed by atoms with E-state index in [9.17, 15) is 0 Å². The van der Waals surface area contributed by atoms with Crippen molar-refractivity contribution in [1.82, 2.24) is 15.5 Å². The van der Waals surface area contributed by atoms with Crippen LogP contribution < -0.4 is 10.6 Å². The van der Waals surface area contributed by atoms with Crippen LogP contribution in [0.5, 0.6) is 0 Å². The second kappa shape index (κ2) is 11.4. The summed E-state index contributed by atoms with van der Waals surface area (Å²) in [5.41, 5.74) is 1.28. The predicted molar refractivity (Wildman–Crippen MR) is 117 cm³/mol. The fraction of sp³-hybridized carbons (Fsp3) is 0.696. The molecule has 0 saturated carbocycles. The molecule has 2 aliphatic rings. The molecule has 0 aliphatic carbocycles. The van der Waals surface area contributed by atoms with E-state index >= 15 is 0 Å². The van der Waals surface area contributed by atoms with E-state index in [1.54, 1.807) is 0 Å².